The summed E-state index contributed by atoms with van der Waals surface area (Å²) >= 11 is 0. The van der Waals surface area contributed by atoms with Crippen LogP contribution < -0.4 is 10.6 Å². The molecule has 0 unspecified atom stereocenters. The first-order valence-electron chi connectivity index (χ1n) is 6.30. The fraction of sp³-hybridized carbons (Fsp3) is 0.429. The van der Waals surface area contributed by atoms with Crippen LogP contribution in [0, 0.1) is 5.41 Å². The third-order valence-corrected chi connectivity index (χ3v) is 2.65. The van der Waals surface area contributed by atoms with Crippen molar-refractivity contribution in [2.45, 2.75) is 27.2 Å². The number of rotatable bonds is 4. The standard InChI is InChI=1S/C14H20N2O4/c1-14(2,3)6-7-15-13(20)16-9-4-5-10(12(18)19)11(17)8-9/h4-5,8,17H,6-7H2,1-3H3,(H,18,19)(H2,15,16,20). The number of nitrogens with one attached hydrogen (secondary N) is 2. The van der Waals surface area contributed by atoms with Crippen molar-refractivity contribution in [3.05, 3.63) is 23.8 Å². The van der Waals surface area contributed by atoms with E-state index >= 15 is 0 Å². The second kappa shape index (κ2) is 6.27. The highest BCUT2D eigenvalue weighted by molar-refractivity contribution is 5.93. The molecule has 1 aromatic rings. The molecular formula is C14H20N2O4. The van der Waals surface area contributed by atoms with Crippen molar-refractivity contribution in [3.8, 4) is 5.75 Å². The van der Waals surface area contributed by atoms with E-state index in [9.17, 15) is 14.7 Å². The molecule has 0 heterocycles. The van der Waals surface area contributed by atoms with Crippen LogP contribution in [0.1, 0.15) is 37.6 Å². The number of benzene rings is 1. The second-order valence-corrected chi connectivity index (χ2v) is 5.73. The van der Waals surface area contributed by atoms with E-state index in [1.807, 2.05) is 0 Å². The van der Waals surface area contributed by atoms with Crippen LogP contribution in [0.5, 0.6) is 5.75 Å². The largest absolute Gasteiger partial charge is 0.507 e. The number of hydrogen-bond donors (Lipinski definition) is 4. The van der Waals surface area contributed by atoms with Gasteiger partial charge in [-0.2, -0.15) is 0 Å². The maximum Gasteiger partial charge on any atom is 0.339 e. The molecule has 0 aliphatic rings. The Bertz CT molecular complexity index is 506. The number of carbonyl (C=O) groups is 2. The number of urea groups is 1. The molecule has 0 fully saturated rings. The Kier molecular flexibility index (Phi) is 4.96. The van der Waals surface area contributed by atoms with E-state index in [1.165, 1.54) is 18.2 Å². The van der Waals surface area contributed by atoms with Crippen molar-refractivity contribution in [2.24, 2.45) is 5.41 Å². The summed E-state index contributed by atoms with van der Waals surface area (Å²) < 4.78 is 0. The maximum absolute atomic E-state index is 11.6. The lowest BCUT2D eigenvalue weighted by atomic mass is 9.92. The predicted molar refractivity (Wildman–Crippen MR) is 76.2 cm³/mol. The molecule has 6 nitrogen and oxygen atoms in total. The number of phenols is 1. The molecule has 6 heteroatoms. The van der Waals surface area contributed by atoms with Gasteiger partial charge in [-0.1, -0.05) is 20.8 Å². The van der Waals surface area contributed by atoms with Crippen LogP contribution in [0.15, 0.2) is 18.2 Å². The van der Waals surface area contributed by atoms with Gasteiger partial charge in [-0.15, -0.1) is 0 Å². The highest BCUT2D eigenvalue weighted by atomic mass is 16.4. The Morgan fingerprint density at radius 1 is 1.25 bits per heavy atom. The Labute approximate surface area is 117 Å². The van der Waals surface area contributed by atoms with Crippen molar-refractivity contribution < 1.29 is 19.8 Å². The Morgan fingerprint density at radius 2 is 1.90 bits per heavy atom. The van der Waals surface area contributed by atoms with Gasteiger partial charge in [0.15, 0.2) is 0 Å². The van der Waals surface area contributed by atoms with Crippen LogP contribution in [-0.2, 0) is 0 Å². The van der Waals surface area contributed by atoms with E-state index in [1.54, 1.807) is 0 Å². The number of aromatic hydroxyl groups is 1. The monoisotopic (exact) mass is 280 g/mol. The summed E-state index contributed by atoms with van der Waals surface area (Å²) in [7, 11) is 0. The number of aromatic carboxylic acids is 1. The molecule has 2 amide bonds. The third-order valence-electron chi connectivity index (χ3n) is 2.65. The normalized spacial score (nSPS) is 10.9. The van der Waals surface area contributed by atoms with Crippen molar-refractivity contribution in [1.29, 1.82) is 0 Å². The minimum atomic E-state index is -1.22. The average molecular weight is 280 g/mol. The lowest BCUT2D eigenvalue weighted by molar-refractivity contribution is 0.0694. The molecule has 0 atom stereocenters. The summed E-state index contributed by atoms with van der Waals surface area (Å²) in [4.78, 5) is 22.3. The molecule has 0 aliphatic carbocycles. The van der Waals surface area contributed by atoms with Crippen LogP contribution in [-0.4, -0.2) is 28.8 Å². The molecule has 1 rings (SSSR count). The van der Waals surface area contributed by atoms with Crippen LogP contribution >= 0.6 is 0 Å². The van der Waals surface area contributed by atoms with Gasteiger partial charge in [0.2, 0.25) is 0 Å². The smallest absolute Gasteiger partial charge is 0.339 e. The fourth-order valence-electron chi connectivity index (χ4n) is 1.52. The summed E-state index contributed by atoms with van der Waals surface area (Å²) in [6.07, 6.45) is 0.837. The van der Waals surface area contributed by atoms with Crippen molar-refractivity contribution in [1.82, 2.24) is 5.32 Å². The molecule has 0 saturated heterocycles. The van der Waals surface area contributed by atoms with Crippen LogP contribution in [0.3, 0.4) is 0 Å². The van der Waals surface area contributed by atoms with Crippen LogP contribution in [0.2, 0.25) is 0 Å². The zero-order chi connectivity index (χ0) is 15.3. The molecule has 1 aromatic carbocycles. The minimum absolute atomic E-state index is 0.134. The summed E-state index contributed by atoms with van der Waals surface area (Å²) in [6, 6.07) is 3.47. The summed E-state index contributed by atoms with van der Waals surface area (Å²) in [6.45, 7) is 6.77. The number of amides is 2. The van der Waals surface area contributed by atoms with E-state index < -0.39 is 12.0 Å². The number of carboxylic acid groups (broad SMARTS) is 1. The molecule has 0 aromatic heterocycles. The zero-order valence-electron chi connectivity index (χ0n) is 11.9. The molecule has 0 spiro atoms. The van der Waals surface area contributed by atoms with Crippen LogP contribution in [0.25, 0.3) is 0 Å². The van der Waals surface area contributed by atoms with E-state index in [0.29, 0.717) is 12.2 Å². The van der Waals surface area contributed by atoms with Gasteiger partial charge in [0.1, 0.15) is 11.3 Å². The number of carboxylic acids is 1. The lowest BCUT2D eigenvalue weighted by Crippen LogP contribution is -2.31. The summed E-state index contributed by atoms with van der Waals surface area (Å²) in [5, 5.41) is 23.5. The Morgan fingerprint density at radius 3 is 2.40 bits per heavy atom. The van der Waals surface area contributed by atoms with Gasteiger partial charge in [0, 0.05) is 18.3 Å². The second-order valence-electron chi connectivity index (χ2n) is 5.73. The molecule has 0 radical (unpaired) electrons. The number of carbonyl (C=O) groups excluding carboxylic acids is 1. The molecule has 0 saturated carbocycles. The van der Waals surface area contributed by atoms with Gasteiger partial charge >= 0.3 is 12.0 Å². The minimum Gasteiger partial charge on any atom is -0.507 e. The Hall–Kier alpha value is -2.24. The van der Waals surface area contributed by atoms with Crippen LogP contribution in [0.4, 0.5) is 10.5 Å². The first-order valence-corrected chi connectivity index (χ1v) is 6.30. The number of anilines is 1. The first kappa shape index (κ1) is 15.8. The molecule has 20 heavy (non-hydrogen) atoms. The van der Waals surface area contributed by atoms with E-state index in [4.69, 9.17) is 5.11 Å². The SMILES string of the molecule is CC(C)(C)CCNC(=O)Nc1ccc(C(=O)O)c(O)c1. The van der Waals surface area contributed by atoms with Gasteiger partial charge in [0.05, 0.1) is 0 Å². The Balaban J connectivity index is 2.54. The van der Waals surface area contributed by atoms with Crippen molar-refractivity contribution in [3.63, 3.8) is 0 Å². The van der Waals surface area contributed by atoms with Gasteiger partial charge < -0.3 is 20.8 Å². The lowest BCUT2D eigenvalue weighted by Gasteiger charge is -2.18. The fourth-order valence-corrected chi connectivity index (χ4v) is 1.52. The third kappa shape index (κ3) is 5.17. The van der Waals surface area contributed by atoms with E-state index in [0.717, 1.165) is 6.42 Å². The quantitative estimate of drug-likeness (QED) is 0.681. The maximum atomic E-state index is 11.6. The van der Waals surface area contributed by atoms with Gasteiger partial charge in [-0.25, -0.2) is 9.59 Å². The van der Waals surface area contributed by atoms with Gasteiger partial charge in [0.25, 0.3) is 0 Å². The molecular weight excluding hydrogens is 260 g/mol. The van der Waals surface area contributed by atoms with E-state index in [2.05, 4.69) is 31.4 Å². The zero-order valence-corrected chi connectivity index (χ0v) is 11.9. The van der Waals surface area contributed by atoms with Crippen molar-refractivity contribution in [2.75, 3.05) is 11.9 Å². The molecule has 4 N–H and O–H groups in total. The topological polar surface area (TPSA) is 98.7 Å². The summed E-state index contributed by atoms with van der Waals surface area (Å²) in [5.74, 6) is -1.60. The molecule has 0 bridgehead atoms. The molecule has 0 aliphatic heterocycles. The first-order chi connectivity index (χ1) is 9.19. The highest BCUT2D eigenvalue weighted by Crippen LogP contribution is 2.22. The highest BCUT2D eigenvalue weighted by Gasteiger charge is 2.12. The predicted octanol–water partition coefficient (Wildman–Crippen LogP) is 2.65. The summed E-state index contributed by atoms with van der Waals surface area (Å²) in [5.41, 5.74) is 0.263. The average Bonchev–Trinajstić information content (AvgIpc) is 2.26. The van der Waals surface area contributed by atoms with Gasteiger partial charge in [-0.05, 0) is 24.0 Å². The van der Waals surface area contributed by atoms with Gasteiger partial charge in [-0.3, -0.25) is 0 Å². The molecule has 110 valence electrons. The number of hydrogen-bond acceptors (Lipinski definition) is 3. The van der Waals surface area contributed by atoms with Crippen molar-refractivity contribution >= 4 is 17.7 Å². The van der Waals surface area contributed by atoms with E-state index in [-0.39, 0.29) is 16.7 Å².